The molecule has 26 heavy (non-hydrogen) atoms. The fourth-order valence-corrected chi connectivity index (χ4v) is 3.07. The van der Waals surface area contributed by atoms with Gasteiger partial charge in [0.1, 0.15) is 18.2 Å². The van der Waals surface area contributed by atoms with E-state index in [1.165, 1.54) is 0 Å². The Morgan fingerprint density at radius 1 is 1.08 bits per heavy atom. The Bertz CT molecular complexity index is 929. The lowest BCUT2D eigenvalue weighted by molar-refractivity contribution is 0.205. The molecule has 3 rings (SSSR count). The van der Waals surface area contributed by atoms with Gasteiger partial charge in [0, 0.05) is 6.54 Å². The van der Waals surface area contributed by atoms with Crippen molar-refractivity contribution in [3.05, 3.63) is 69.8 Å². The van der Waals surface area contributed by atoms with Crippen LogP contribution < -0.4 is 10.3 Å². The average Bonchev–Trinajstić information content (AvgIpc) is 2.63. The molecule has 136 valence electrons. The summed E-state index contributed by atoms with van der Waals surface area (Å²) in [4.78, 5) is 21.9. The molecule has 0 saturated heterocycles. The van der Waals surface area contributed by atoms with Gasteiger partial charge in [-0.1, -0.05) is 37.3 Å². The highest BCUT2D eigenvalue weighted by Gasteiger charge is 2.09. The van der Waals surface area contributed by atoms with Crippen LogP contribution in [-0.2, 0) is 6.54 Å². The summed E-state index contributed by atoms with van der Waals surface area (Å²) in [5.41, 5.74) is 2.93. The van der Waals surface area contributed by atoms with Gasteiger partial charge in [-0.05, 0) is 43.7 Å². The third-order valence-corrected chi connectivity index (χ3v) is 4.55. The van der Waals surface area contributed by atoms with E-state index in [4.69, 9.17) is 4.74 Å². The molecule has 3 aromatic rings. The van der Waals surface area contributed by atoms with E-state index in [1.54, 1.807) is 6.07 Å². The van der Waals surface area contributed by atoms with E-state index in [0.29, 0.717) is 24.4 Å². The van der Waals surface area contributed by atoms with Gasteiger partial charge in [-0.3, -0.25) is 9.69 Å². The number of nitrogens with zero attached hydrogens (tertiary/aromatic N) is 2. The third kappa shape index (κ3) is 4.11. The number of nitrogens with one attached hydrogen (secondary N) is 1. The number of aryl methyl sites for hydroxylation is 2. The number of rotatable bonds is 7. The molecule has 0 atom stereocenters. The van der Waals surface area contributed by atoms with Crippen LogP contribution in [0.4, 0.5) is 0 Å². The Hall–Kier alpha value is -2.66. The number of para-hydroxylation sites is 2. The monoisotopic (exact) mass is 351 g/mol. The van der Waals surface area contributed by atoms with Gasteiger partial charge in [-0.2, -0.15) is 0 Å². The maximum Gasteiger partial charge on any atom is 0.258 e. The Balaban J connectivity index is 1.66. The molecule has 0 spiro atoms. The number of aromatic amines is 1. The highest BCUT2D eigenvalue weighted by Crippen LogP contribution is 2.22. The maximum atomic E-state index is 12.2. The number of benzene rings is 2. The predicted molar refractivity (Wildman–Crippen MR) is 105 cm³/mol. The van der Waals surface area contributed by atoms with E-state index in [1.807, 2.05) is 24.3 Å². The second-order valence-corrected chi connectivity index (χ2v) is 6.47. The van der Waals surface area contributed by atoms with Crippen LogP contribution in [0.25, 0.3) is 10.9 Å². The molecule has 0 fully saturated rings. The summed E-state index contributed by atoms with van der Waals surface area (Å²) in [7, 11) is 0. The number of hydrogen-bond acceptors (Lipinski definition) is 4. The van der Waals surface area contributed by atoms with Gasteiger partial charge in [-0.15, -0.1) is 0 Å². The number of ether oxygens (including phenoxy) is 1. The van der Waals surface area contributed by atoms with Crippen LogP contribution in [0.15, 0.2) is 47.3 Å². The van der Waals surface area contributed by atoms with E-state index in [0.717, 1.165) is 35.5 Å². The highest BCUT2D eigenvalue weighted by molar-refractivity contribution is 5.77. The van der Waals surface area contributed by atoms with Gasteiger partial charge in [0.05, 0.1) is 17.4 Å². The van der Waals surface area contributed by atoms with Crippen LogP contribution in [0.1, 0.15) is 23.9 Å². The summed E-state index contributed by atoms with van der Waals surface area (Å²) in [6.07, 6.45) is 0. The lowest BCUT2D eigenvalue weighted by Crippen LogP contribution is -2.30. The predicted octanol–water partition coefficient (Wildman–Crippen LogP) is 3.44. The van der Waals surface area contributed by atoms with Crippen molar-refractivity contribution in [1.82, 2.24) is 14.9 Å². The second kappa shape index (κ2) is 8.15. The lowest BCUT2D eigenvalue weighted by atomic mass is 10.1. The first-order valence-corrected chi connectivity index (χ1v) is 8.97. The molecule has 0 aliphatic carbocycles. The van der Waals surface area contributed by atoms with E-state index >= 15 is 0 Å². The fraction of sp³-hybridized carbons (Fsp3) is 0.333. The van der Waals surface area contributed by atoms with E-state index < -0.39 is 0 Å². The van der Waals surface area contributed by atoms with Crippen LogP contribution in [0.5, 0.6) is 5.75 Å². The zero-order chi connectivity index (χ0) is 18.5. The summed E-state index contributed by atoms with van der Waals surface area (Å²) < 4.78 is 6.00. The Labute approximate surface area is 153 Å². The van der Waals surface area contributed by atoms with Gasteiger partial charge in [0.25, 0.3) is 5.56 Å². The first kappa shape index (κ1) is 18.1. The van der Waals surface area contributed by atoms with Crippen molar-refractivity contribution >= 4 is 10.9 Å². The normalized spacial score (nSPS) is 11.2. The van der Waals surface area contributed by atoms with Crippen molar-refractivity contribution in [2.24, 2.45) is 0 Å². The minimum Gasteiger partial charge on any atom is -0.492 e. The van der Waals surface area contributed by atoms with Crippen molar-refractivity contribution in [3.63, 3.8) is 0 Å². The SMILES string of the molecule is CCN(CCOc1c(C)cccc1C)Cc1nc2ccccc2c(=O)[nH]1. The van der Waals surface area contributed by atoms with Crippen LogP contribution in [-0.4, -0.2) is 34.6 Å². The third-order valence-electron chi connectivity index (χ3n) is 4.55. The van der Waals surface area contributed by atoms with Crippen molar-refractivity contribution in [2.75, 3.05) is 19.7 Å². The molecule has 1 aromatic heterocycles. The minimum atomic E-state index is -0.0894. The number of fused-ring (bicyclic) bond motifs is 1. The fourth-order valence-electron chi connectivity index (χ4n) is 3.07. The quantitative estimate of drug-likeness (QED) is 0.708. The first-order valence-electron chi connectivity index (χ1n) is 8.97. The summed E-state index contributed by atoms with van der Waals surface area (Å²) in [5, 5.41) is 0.623. The largest absolute Gasteiger partial charge is 0.492 e. The Morgan fingerprint density at radius 2 is 1.81 bits per heavy atom. The molecule has 0 bridgehead atoms. The molecule has 0 amide bonds. The summed E-state index contributed by atoms with van der Waals surface area (Å²) >= 11 is 0. The molecule has 1 N–H and O–H groups in total. The van der Waals surface area contributed by atoms with Gasteiger partial charge < -0.3 is 9.72 Å². The molecule has 1 heterocycles. The topological polar surface area (TPSA) is 58.2 Å². The van der Waals surface area contributed by atoms with Crippen LogP contribution in [0, 0.1) is 13.8 Å². The van der Waals surface area contributed by atoms with Crippen LogP contribution >= 0.6 is 0 Å². The summed E-state index contributed by atoms with van der Waals surface area (Å²) in [5.74, 6) is 1.64. The van der Waals surface area contributed by atoms with Crippen molar-refractivity contribution in [1.29, 1.82) is 0 Å². The smallest absolute Gasteiger partial charge is 0.258 e. The Kier molecular flexibility index (Phi) is 5.68. The minimum absolute atomic E-state index is 0.0894. The zero-order valence-electron chi connectivity index (χ0n) is 15.6. The summed E-state index contributed by atoms with van der Waals surface area (Å²) in [6, 6.07) is 13.6. The van der Waals surface area contributed by atoms with Gasteiger partial charge in [0.15, 0.2) is 0 Å². The van der Waals surface area contributed by atoms with Crippen molar-refractivity contribution in [3.8, 4) is 5.75 Å². The molecule has 5 heteroatoms. The molecule has 2 aromatic carbocycles. The number of hydrogen-bond donors (Lipinski definition) is 1. The molecule has 0 aliphatic rings. The van der Waals surface area contributed by atoms with E-state index in [2.05, 4.69) is 47.8 Å². The summed E-state index contributed by atoms with van der Waals surface area (Å²) in [6.45, 7) is 9.02. The molecular weight excluding hydrogens is 326 g/mol. The Morgan fingerprint density at radius 3 is 2.54 bits per heavy atom. The molecule has 5 nitrogen and oxygen atoms in total. The van der Waals surface area contributed by atoms with Crippen molar-refractivity contribution < 1.29 is 4.74 Å². The standard InChI is InChI=1S/C21H25N3O2/c1-4-24(12-13-26-20-15(2)8-7-9-16(20)3)14-19-22-18-11-6-5-10-17(18)21(25)23-19/h5-11H,4,12-14H2,1-3H3,(H,22,23,25). The van der Waals surface area contributed by atoms with E-state index in [9.17, 15) is 4.79 Å². The number of aromatic nitrogens is 2. The molecule has 0 radical (unpaired) electrons. The van der Waals surface area contributed by atoms with Crippen molar-refractivity contribution in [2.45, 2.75) is 27.3 Å². The van der Waals surface area contributed by atoms with Gasteiger partial charge in [-0.25, -0.2) is 4.98 Å². The molecule has 0 unspecified atom stereocenters. The molecule has 0 aliphatic heterocycles. The van der Waals surface area contributed by atoms with Crippen LogP contribution in [0.3, 0.4) is 0 Å². The maximum absolute atomic E-state index is 12.2. The van der Waals surface area contributed by atoms with Crippen LogP contribution in [0.2, 0.25) is 0 Å². The second-order valence-electron chi connectivity index (χ2n) is 6.47. The number of H-pyrrole nitrogens is 1. The van der Waals surface area contributed by atoms with Gasteiger partial charge in [0.2, 0.25) is 0 Å². The lowest BCUT2D eigenvalue weighted by Gasteiger charge is -2.21. The number of likely N-dealkylation sites (N-methyl/N-ethyl adjacent to an activating group) is 1. The molecule has 0 saturated carbocycles. The first-order chi connectivity index (χ1) is 12.6. The molecular formula is C21H25N3O2. The van der Waals surface area contributed by atoms with E-state index in [-0.39, 0.29) is 5.56 Å². The highest BCUT2D eigenvalue weighted by atomic mass is 16.5. The van der Waals surface area contributed by atoms with Gasteiger partial charge >= 0.3 is 0 Å². The zero-order valence-corrected chi connectivity index (χ0v) is 15.6. The average molecular weight is 351 g/mol.